The molecule has 0 radical (unpaired) electrons. The second-order valence-electron chi connectivity index (χ2n) is 23.4. The molecule has 3 aliphatic heterocycles. The fraction of sp³-hybridized carbons (Fsp3) is 0.581. The molecule has 0 aliphatic carbocycles. The van der Waals surface area contributed by atoms with E-state index in [1.165, 1.54) is 65.4 Å². The molecule has 9 N–H and O–H groups in total. The van der Waals surface area contributed by atoms with Crippen molar-refractivity contribution >= 4 is 115 Å². The Kier molecular flexibility index (Phi) is 28.3. The monoisotopic (exact) mass is 1420 g/mol. The molecule has 502 valence electrons. The number of aldehydes is 1. The molecule has 4 bridgehead atoms. The van der Waals surface area contributed by atoms with E-state index in [1.54, 1.807) is 52.0 Å². The van der Waals surface area contributed by atoms with Crippen LogP contribution >= 0.6 is 43.5 Å². The molecule has 29 heteroatoms. The van der Waals surface area contributed by atoms with Gasteiger partial charge in [0.2, 0.25) is 17.7 Å². The third-order valence-corrected chi connectivity index (χ3v) is 18.4. The lowest BCUT2D eigenvalue weighted by Crippen LogP contribution is -2.63. The minimum Gasteiger partial charge on any atom is -0.495 e. The van der Waals surface area contributed by atoms with E-state index in [0.717, 1.165) is 16.0 Å². The number of benzene rings is 2. The molecular formula is C62H86Br2ClN9O17. The highest BCUT2D eigenvalue weighted by Crippen LogP contribution is 2.49. The van der Waals surface area contributed by atoms with Gasteiger partial charge in [0.05, 0.1) is 61.2 Å². The number of nitrogens with one attached hydrogen (secondary N) is 6. The Hall–Kier alpha value is -6.69. The normalized spacial score (nSPS) is 23.9. The van der Waals surface area contributed by atoms with E-state index in [0.29, 0.717) is 48.3 Å². The van der Waals surface area contributed by atoms with Crippen LogP contribution in [0.3, 0.4) is 0 Å². The smallest absolute Gasteiger partial charge is 0.409 e. The SMILES string of the molecule is CNC(=O)c1cc(C(=O)N(C)[C@@H](C)C(=O)O[C@H]2CC(=O)N(C)c3cc(cc(OC)c3Cl)C/C(C)=C/C=C/[C@@H](OC)[C@@]3(O)C[C@H](OC(=O)N3)[C@@H](C)[C@@H]3O[C@@]23C)ccc1NC(=O)[C@H](CCCNC(N)=O)NC(=O)[C@@H](NC(C=O)CCCCOC(=O)C(CBr)CBr)C(C)C. The van der Waals surface area contributed by atoms with Crippen molar-refractivity contribution in [3.8, 4) is 5.75 Å². The van der Waals surface area contributed by atoms with E-state index < -0.39 is 126 Å². The zero-order chi connectivity index (χ0) is 67.7. The van der Waals surface area contributed by atoms with E-state index in [9.17, 15) is 53.1 Å². The molecule has 2 saturated heterocycles. The number of rotatable bonds is 27. The Morgan fingerprint density at radius 1 is 1.01 bits per heavy atom. The number of unbranched alkanes of at least 4 members (excludes halogenated alkanes) is 1. The van der Waals surface area contributed by atoms with Gasteiger partial charge < -0.3 is 75.1 Å². The highest BCUT2D eigenvalue weighted by Gasteiger charge is 2.64. The molecule has 5 rings (SSSR count). The molecule has 8 amide bonds. The van der Waals surface area contributed by atoms with Crippen molar-refractivity contribution in [1.29, 1.82) is 0 Å². The van der Waals surface area contributed by atoms with Crippen molar-refractivity contribution < 1.29 is 81.5 Å². The average Bonchev–Trinajstić information content (AvgIpc) is 1.58. The van der Waals surface area contributed by atoms with Crippen LogP contribution in [0.5, 0.6) is 5.75 Å². The van der Waals surface area contributed by atoms with Crippen molar-refractivity contribution in [1.82, 2.24) is 31.5 Å². The molecule has 0 aromatic heterocycles. The van der Waals surface area contributed by atoms with Gasteiger partial charge in [0, 0.05) is 63.4 Å². The fourth-order valence-electron chi connectivity index (χ4n) is 10.7. The number of carbonyl (C=O) groups is 10. The number of alkyl halides is 2. The summed E-state index contributed by atoms with van der Waals surface area (Å²) in [5.41, 5.74) is 3.44. The molecular weight excluding hydrogens is 1340 g/mol. The van der Waals surface area contributed by atoms with Gasteiger partial charge in [0.15, 0.2) is 5.72 Å². The third-order valence-electron chi connectivity index (χ3n) is 16.4. The van der Waals surface area contributed by atoms with Crippen LogP contribution in [-0.2, 0) is 58.9 Å². The molecule has 11 atom stereocenters. The number of urea groups is 1. The van der Waals surface area contributed by atoms with Gasteiger partial charge in [-0.25, -0.2) is 14.4 Å². The minimum absolute atomic E-state index is 0.0364. The number of aliphatic hydroxyl groups is 1. The van der Waals surface area contributed by atoms with Crippen molar-refractivity contribution in [2.24, 2.45) is 23.5 Å². The standard InChI is InChI=1S/C62H86Br2ClN9O17/c1-33(2)51(69-40(32-75)17-12-13-23-88-58(82)39(30-63)31-64)55(79)71-43(18-15-22-68-59(66)83)54(78)70-42-21-20-38(27-41(42)53(77)67-7)56(80)73(8)36(5)57(81)90-48-28-49(76)74(9)44-25-37(26-45(86-10)50(44)65)24-34(3)16-14-19-47(87-11)62(85)29-46(89-60(84)72-62)35(4)52-61(48,6)91-52/h14,16,19-21,25-27,32-33,35-36,39-40,43,46-48,51-52,69,85H,12-13,15,17-18,22-24,28-31H2,1-11H3,(H,67,77)(H,70,78)(H,71,79)(H,72,84)(H3,66,68,83)/b19-14+,34-16+/t35-,36+,40?,43+,46+,47-,48+,51+,52+,61+,62+/m1/s1. The molecule has 0 spiro atoms. The summed E-state index contributed by atoms with van der Waals surface area (Å²) in [6.07, 6.45) is 1.78. The van der Waals surface area contributed by atoms with Crippen LogP contribution in [0, 0.1) is 17.8 Å². The largest absolute Gasteiger partial charge is 0.495 e. The summed E-state index contributed by atoms with van der Waals surface area (Å²) >= 11 is 13.4. The minimum atomic E-state index is -1.94. The summed E-state index contributed by atoms with van der Waals surface area (Å²) in [6, 6.07) is 2.08. The van der Waals surface area contributed by atoms with Gasteiger partial charge in [-0.1, -0.05) is 88.0 Å². The Labute approximate surface area is 552 Å². The lowest BCUT2D eigenvalue weighted by atomic mass is 9.83. The van der Waals surface area contributed by atoms with Crippen LogP contribution in [0.4, 0.5) is 21.0 Å². The highest BCUT2D eigenvalue weighted by atomic mass is 79.9. The Bertz CT molecular complexity index is 3040. The number of ether oxygens (including phenoxy) is 6. The van der Waals surface area contributed by atoms with Crippen LogP contribution in [-0.4, -0.2) is 189 Å². The van der Waals surface area contributed by atoms with Crippen LogP contribution in [0.25, 0.3) is 0 Å². The Balaban J connectivity index is 1.39. The molecule has 91 heavy (non-hydrogen) atoms. The van der Waals surface area contributed by atoms with Gasteiger partial charge >= 0.3 is 24.1 Å². The number of nitrogens with two attached hydrogens (primary N) is 1. The van der Waals surface area contributed by atoms with Gasteiger partial charge in [0.1, 0.15) is 53.1 Å². The number of halogens is 3. The van der Waals surface area contributed by atoms with E-state index in [2.05, 4.69) is 63.8 Å². The highest BCUT2D eigenvalue weighted by molar-refractivity contribution is 9.09. The van der Waals surface area contributed by atoms with E-state index in [4.69, 9.17) is 45.8 Å². The second-order valence-corrected chi connectivity index (χ2v) is 25.1. The van der Waals surface area contributed by atoms with Crippen LogP contribution < -0.4 is 47.3 Å². The number of anilines is 2. The predicted octanol–water partition coefficient (Wildman–Crippen LogP) is 5.36. The fourth-order valence-corrected chi connectivity index (χ4v) is 12.6. The number of amides is 8. The first-order valence-corrected chi connectivity index (χ1v) is 32.5. The molecule has 2 fully saturated rings. The summed E-state index contributed by atoms with van der Waals surface area (Å²) in [5, 5.41) is 28.9. The predicted molar refractivity (Wildman–Crippen MR) is 345 cm³/mol. The topological polar surface area (TPSA) is 354 Å². The van der Waals surface area contributed by atoms with Crippen LogP contribution in [0.2, 0.25) is 5.02 Å². The lowest BCUT2D eigenvalue weighted by molar-refractivity contribution is -0.158. The van der Waals surface area contributed by atoms with E-state index >= 15 is 0 Å². The number of likely N-dealkylation sites (N-methyl/N-ethyl adjacent to an activating group) is 1. The summed E-state index contributed by atoms with van der Waals surface area (Å²) in [5.74, 6) is -5.93. The molecule has 2 aromatic carbocycles. The van der Waals surface area contributed by atoms with Crippen molar-refractivity contribution in [2.75, 3.05) is 69.4 Å². The second kappa shape index (κ2) is 34.3. The Morgan fingerprint density at radius 3 is 2.34 bits per heavy atom. The van der Waals surface area contributed by atoms with Crippen molar-refractivity contribution in [3.05, 3.63) is 75.8 Å². The molecule has 26 nitrogen and oxygen atoms in total. The zero-order valence-corrected chi connectivity index (χ0v) is 57.0. The number of fused-ring (bicyclic) bond motifs is 5. The third kappa shape index (κ3) is 19.9. The van der Waals surface area contributed by atoms with E-state index in [-0.39, 0.29) is 71.9 Å². The number of carbonyl (C=O) groups excluding carboxylic acids is 10. The molecule has 0 saturated carbocycles. The van der Waals surface area contributed by atoms with Crippen LogP contribution in [0.15, 0.2) is 54.1 Å². The number of alkyl carbamates (subject to hydrolysis) is 1. The quantitative estimate of drug-likeness (QED) is 0.0139. The number of allylic oxidation sites excluding steroid dienone is 3. The van der Waals surface area contributed by atoms with Gasteiger partial charge in [-0.3, -0.25) is 39.4 Å². The summed E-state index contributed by atoms with van der Waals surface area (Å²) in [7, 11) is 6.99. The van der Waals surface area contributed by atoms with E-state index in [1.807, 2.05) is 13.0 Å². The van der Waals surface area contributed by atoms with Crippen LogP contribution in [0.1, 0.15) is 113 Å². The summed E-state index contributed by atoms with van der Waals surface area (Å²) in [6.45, 7) is 10.3. The maximum Gasteiger partial charge on any atom is 0.409 e. The van der Waals surface area contributed by atoms with Gasteiger partial charge in [-0.15, -0.1) is 0 Å². The average molecular weight is 1420 g/mol. The number of epoxide rings is 1. The summed E-state index contributed by atoms with van der Waals surface area (Å²) in [4.78, 5) is 137. The van der Waals surface area contributed by atoms with Crippen molar-refractivity contribution in [3.63, 3.8) is 0 Å². The number of hydrogen-bond acceptors (Lipinski definition) is 18. The van der Waals surface area contributed by atoms with Gasteiger partial charge in [-0.05, 0) is 101 Å². The maximum atomic E-state index is 14.6. The van der Waals surface area contributed by atoms with Gasteiger partial charge in [-0.2, -0.15) is 0 Å². The molecule has 1 unspecified atom stereocenters. The first-order valence-electron chi connectivity index (χ1n) is 29.9. The number of primary amides is 1. The van der Waals surface area contributed by atoms with Gasteiger partial charge in [0.25, 0.3) is 11.8 Å². The Morgan fingerprint density at radius 2 is 1.71 bits per heavy atom. The van der Waals surface area contributed by atoms with Crippen molar-refractivity contribution in [2.45, 2.75) is 153 Å². The number of methoxy groups -OCH3 is 2. The molecule has 3 aliphatic rings. The number of hydrogen-bond donors (Lipinski definition) is 8. The number of nitrogens with zero attached hydrogens (tertiary/aromatic N) is 2. The first kappa shape index (κ1) is 75.0. The summed E-state index contributed by atoms with van der Waals surface area (Å²) < 4.78 is 35.0. The number of esters is 2. The first-order chi connectivity index (χ1) is 43.0. The zero-order valence-electron chi connectivity index (χ0n) is 53.1. The molecule has 2 aromatic rings. The molecule has 3 heterocycles. The maximum absolute atomic E-state index is 14.6. The lowest BCUT2D eigenvalue weighted by Gasteiger charge is -2.42.